The third-order valence-electron chi connectivity index (χ3n) is 6.22. The van der Waals surface area contributed by atoms with Crippen LogP contribution in [0.2, 0.25) is 0 Å². The van der Waals surface area contributed by atoms with E-state index in [1.807, 2.05) is 31.2 Å². The molecule has 2 heterocycles. The van der Waals surface area contributed by atoms with Gasteiger partial charge in [-0.1, -0.05) is 0 Å². The summed E-state index contributed by atoms with van der Waals surface area (Å²) in [5.41, 5.74) is 3.60. The number of ether oxygens (including phenoxy) is 1. The zero-order chi connectivity index (χ0) is 20.7. The number of nitrogens with zero attached hydrogens (tertiary/aromatic N) is 2. The van der Waals surface area contributed by atoms with Gasteiger partial charge in [0.1, 0.15) is 17.0 Å². The van der Waals surface area contributed by atoms with Crippen molar-refractivity contribution in [3.05, 3.63) is 52.3 Å². The van der Waals surface area contributed by atoms with Gasteiger partial charge < -0.3 is 19.9 Å². The first-order valence-corrected chi connectivity index (χ1v) is 10.8. The van der Waals surface area contributed by atoms with Gasteiger partial charge in [0, 0.05) is 30.4 Å². The Kier molecular flexibility index (Phi) is 4.95. The Morgan fingerprint density at radius 1 is 1.20 bits per heavy atom. The molecule has 6 nitrogen and oxygen atoms in total. The van der Waals surface area contributed by atoms with E-state index in [1.54, 1.807) is 7.11 Å². The van der Waals surface area contributed by atoms with Gasteiger partial charge in [-0.25, -0.2) is 4.98 Å². The highest BCUT2D eigenvalue weighted by molar-refractivity contribution is 5.86. The monoisotopic (exact) mass is 404 g/mol. The minimum Gasteiger partial charge on any atom is -0.496 e. The van der Waals surface area contributed by atoms with Gasteiger partial charge in [0.05, 0.1) is 12.6 Å². The number of H-pyrrole nitrogens is 1. The minimum atomic E-state index is -0.181. The van der Waals surface area contributed by atoms with Gasteiger partial charge in [0.15, 0.2) is 0 Å². The van der Waals surface area contributed by atoms with Crippen molar-refractivity contribution in [1.29, 1.82) is 0 Å². The predicted octanol–water partition coefficient (Wildman–Crippen LogP) is 3.49. The lowest BCUT2D eigenvalue weighted by Gasteiger charge is -2.19. The van der Waals surface area contributed by atoms with Crippen LogP contribution >= 0.6 is 0 Å². The number of rotatable bonds is 6. The van der Waals surface area contributed by atoms with Gasteiger partial charge in [-0.05, 0) is 80.6 Å². The second-order valence-corrected chi connectivity index (χ2v) is 8.61. The number of anilines is 1. The van der Waals surface area contributed by atoms with Gasteiger partial charge in [-0.15, -0.1) is 0 Å². The summed E-state index contributed by atoms with van der Waals surface area (Å²) in [6, 6.07) is 12.7. The Labute approximate surface area is 176 Å². The molecule has 2 N–H and O–H groups in total. The van der Waals surface area contributed by atoms with Crippen molar-refractivity contribution in [3.8, 4) is 17.1 Å². The maximum atomic E-state index is 12.7. The van der Waals surface area contributed by atoms with E-state index in [9.17, 15) is 4.79 Å². The number of benzene rings is 2. The van der Waals surface area contributed by atoms with Crippen molar-refractivity contribution < 1.29 is 4.74 Å². The normalized spacial score (nSPS) is 18.9. The molecule has 0 bridgehead atoms. The lowest BCUT2D eigenvalue weighted by atomic mass is 10.1. The molecule has 0 spiro atoms. The van der Waals surface area contributed by atoms with Crippen LogP contribution in [0.3, 0.4) is 0 Å². The first-order valence-electron chi connectivity index (χ1n) is 10.8. The summed E-state index contributed by atoms with van der Waals surface area (Å²) in [7, 11) is 1.57. The van der Waals surface area contributed by atoms with Crippen LogP contribution in [0.25, 0.3) is 22.3 Å². The van der Waals surface area contributed by atoms with Gasteiger partial charge in [0.2, 0.25) is 0 Å². The number of hydrogen-bond acceptors (Lipinski definition) is 5. The van der Waals surface area contributed by atoms with Crippen molar-refractivity contribution in [2.24, 2.45) is 5.92 Å². The Balaban J connectivity index is 1.36. The summed E-state index contributed by atoms with van der Waals surface area (Å²) in [6.07, 6.45) is 3.97. The Morgan fingerprint density at radius 3 is 2.73 bits per heavy atom. The first-order chi connectivity index (χ1) is 14.6. The van der Waals surface area contributed by atoms with E-state index in [-0.39, 0.29) is 5.56 Å². The molecule has 1 saturated heterocycles. The molecule has 30 heavy (non-hydrogen) atoms. The summed E-state index contributed by atoms with van der Waals surface area (Å²) in [5, 5.41) is 4.21. The fourth-order valence-electron chi connectivity index (χ4n) is 4.31. The van der Waals surface area contributed by atoms with Crippen molar-refractivity contribution in [2.75, 3.05) is 31.6 Å². The van der Waals surface area contributed by atoms with Crippen LogP contribution in [-0.4, -0.2) is 42.8 Å². The van der Waals surface area contributed by atoms with Crippen LogP contribution in [0.1, 0.15) is 24.8 Å². The summed E-state index contributed by atoms with van der Waals surface area (Å²) in [4.78, 5) is 22.8. The fourth-order valence-corrected chi connectivity index (χ4v) is 4.31. The summed E-state index contributed by atoms with van der Waals surface area (Å²) >= 11 is 0. The van der Waals surface area contributed by atoms with Gasteiger partial charge >= 0.3 is 0 Å². The Morgan fingerprint density at radius 2 is 2.00 bits per heavy atom. The number of hydrogen-bond donors (Lipinski definition) is 2. The van der Waals surface area contributed by atoms with Crippen molar-refractivity contribution in [3.63, 3.8) is 0 Å². The maximum absolute atomic E-state index is 12.7. The molecule has 1 aromatic heterocycles. The van der Waals surface area contributed by atoms with E-state index in [1.165, 1.54) is 31.5 Å². The van der Waals surface area contributed by atoms with Crippen LogP contribution in [0, 0.1) is 12.8 Å². The molecule has 1 aliphatic carbocycles. The maximum Gasteiger partial charge on any atom is 0.262 e. The highest BCUT2D eigenvalue weighted by Crippen LogP contribution is 2.29. The van der Waals surface area contributed by atoms with E-state index in [0.717, 1.165) is 30.1 Å². The van der Waals surface area contributed by atoms with E-state index in [2.05, 4.69) is 27.3 Å². The average Bonchev–Trinajstić information content (AvgIpc) is 3.46. The Hall–Kier alpha value is -2.86. The van der Waals surface area contributed by atoms with Crippen molar-refractivity contribution in [2.45, 2.75) is 32.2 Å². The van der Waals surface area contributed by atoms with Crippen LogP contribution in [0.5, 0.6) is 5.75 Å². The Bertz CT molecular complexity index is 1120. The van der Waals surface area contributed by atoms with E-state index in [4.69, 9.17) is 9.72 Å². The predicted molar refractivity (Wildman–Crippen MR) is 120 cm³/mol. The lowest BCUT2D eigenvalue weighted by molar-refractivity contribution is 0.419. The molecule has 1 atom stereocenters. The molecular weight excluding hydrogens is 376 g/mol. The second-order valence-electron chi connectivity index (χ2n) is 8.61. The molecule has 2 fully saturated rings. The fraction of sp³-hybridized carbons (Fsp3) is 0.417. The van der Waals surface area contributed by atoms with Crippen LogP contribution in [0.4, 0.5) is 5.69 Å². The average molecular weight is 405 g/mol. The molecule has 1 saturated carbocycles. The molecular formula is C24H28N4O2. The molecule has 3 aromatic rings. The number of fused-ring (bicyclic) bond motifs is 1. The zero-order valence-corrected chi connectivity index (χ0v) is 17.6. The van der Waals surface area contributed by atoms with Crippen LogP contribution in [-0.2, 0) is 0 Å². The molecule has 1 unspecified atom stereocenters. The summed E-state index contributed by atoms with van der Waals surface area (Å²) in [6.45, 7) is 5.27. The van der Waals surface area contributed by atoms with E-state index < -0.39 is 0 Å². The number of aromatic amines is 1. The topological polar surface area (TPSA) is 70.2 Å². The molecule has 2 aromatic carbocycles. The second kappa shape index (κ2) is 7.76. The standard InChI is InChI=1S/C24H28N4O2/c1-15-11-20-22(21(12-15)30-2)24(29)27-23(26-20)17-5-7-19(8-6-17)28-10-9-18(14-28)25-13-16-3-4-16/h5-8,11-12,16,18,25H,3-4,9-10,13-14H2,1-2H3,(H,26,27,29). The van der Waals surface area contributed by atoms with Crippen molar-refractivity contribution >= 4 is 16.6 Å². The van der Waals surface area contributed by atoms with E-state index >= 15 is 0 Å². The summed E-state index contributed by atoms with van der Waals surface area (Å²) < 4.78 is 5.38. The third kappa shape index (κ3) is 3.79. The highest BCUT2D eigenvalue weighted by atomic mass is 16.5. The van der Waals surface area contributed by atoms with Crippen LogP contribution < -0.4 is 20.5 Å². The minimum absolute atomic E-state index is 0.181. The first kappa shape index (κ1) is 19.1. The smallest absolute Gasteiger partial charge is 0.262 e. The largest absolute Gasteiger partial charge is 0.496 e. The van der Waals surface area contributed by atoms with Crippen LogP contribution in [0.15, 0.2) is 41.2 Å². The zero-order valence-electron chi connectivity index (χ0n) is 17.6. The van der Waals surface area contributed by atoms with Gasteiger partial charge in [0.25, 0.3) is 5.56 Å². The number of methoxy groups -OCH3 is 1. The number of aryl methyl sites for hydroxylation is 1. The molecule has 156 valence electrons. The molecule has 5 rings (SSSR count). The molecule has 0 amide bonds. The lowest BCUT2D eigenvalue weighted by Crippen LogP contribution is -2.33. The van der Waals surface area contributed by atoms with Gasteiger partial charge in [-0.2, -0.15) is 0 Å². The highest BCUT2D eigenvalue weighted by Gasteiger charge is 2.26. The van der Waals surface area contributed by atoms with Crippen molar-refractivity contribution in [1.82, 2.24) is 15.3 Å². The quantitative estimate of drug-likeness (QED) is 0.658. The third-order valence-corrected chi connectivity index (χ3v) is 6.22. The SMILES string of the molecule is COc1cc(C)cc2nc(-c3ccc(N4CCC(NCC5CC5)C4)cc3)[nH]c(=O)c12. The number of nitrogens with one attached hydrogen (secondary N) is 2. The number of aromatic nitrogens is 2. The molecule has 0 radical (unpaired) electrons. The van der Waals surface area contributed by atoms with Gasteiger partial charge in [-0.3, -0.25) is 4.79 Å². The summed E-state index contributed by atoms with van der Waals surface area (Å²) in [5.74, 6) is 2.05. The molecule has 1 aliphatic heterocycles. The molecule has 2 aliphatic rings. The molecule has 6 heteroatoms. The van der Waals surface area contributed by atoms with E-state index in [0.29, 0.717) is 28.5 Å².